The molecule has 3 unspecified atom stereocenters. The van der Waals surface area contributed by atoms with Crippen LogP contribution in [-0.4, -0.2) is 23.3 Å². The normalized spacial score (nSPS) is 34.2. The second kappa shape index (κ2) is 7.31. The summed E-state index contributed by atoms with van der Waals surface area (Å²) in [6.45, 7) is 10.6. The number of rotatable bonds is 2. The van der Waals surface area contributed by atoms with Gasteiger partial charge in [-0.2, -0.15) is 0 Å². The third kappa shape index (κ3) is 4.68. The predicted octanol–water partition coefficient (Wildman–Crippen LogP) is 3.96. The highest BCUT2D eigenvalue weighted by atomic mass is 16.5. The molecule has 3 atom stereocenters. The molecule has 0 aromatic carbocycles. The van der Waals surface area contributed by atoms with Crippen LogP contribution in [0.2, 0.25) is 0 Å². The maximum atomic E-state index is 12.2. The molecular weight excluding hydrogens is 288 g/mol. The van der Waals surface area contributed by atoms with Gasteiger partial charge in [0, 0.05) is 17.4 Å². The van der Waals surface area contributed by atoms with E-state index in [0.717, 1.165) is 12.0 Å². The van der Waals surface area contributed by atoms with Crippen molar-refractivity contribution in [2.24, 2.45) is 17.8 Å². The molecule has 0 radical (unpaired) electrons. The summed E-state index contributed by atoms with van der Waals surface area (Å²) in [6.07, 6.45) is 11.8. The van der Waals surface area contributed by atoms with Gasteiger partial charge in [-0.15, -0.1) is 0 Å². The van der Waals surface area contributed by atoms with E-state index in [1.54, 1.807) is 0 Å². The van der Waals surface area contributed by atoms with Crippen LogP contribution in [0.25, 0.3) is 0 Å². The fourth-order valence-corrected chi connectivity index (χ4v) is 3.21. The van der Waals surface area contributed by atoms with Gasteiger partial charge in [-0.3, -0.25) is 0 Å². The van der Waals surface area contributed by atoms with Crippen LogP contribution < -0.4 is 0 Å². The Morgan fingerprint density at radius 1 is 1.43 bits per heavy atom. The zero-order valence-electron chi connectivity index (χ0n) is 14.4. The maximum absolute atomic E-state index is 12.2. The highest BCUT2D eigenvalue weighted by Gasteiger charge is 2.37. The predicted molar refractivity (Wildman–Crippen MR) is 92.8 cm³/mol. The molecule has 0 saturated carbocycles. The molecule has 0 bridgehead atoms. The minimum Gasteiger partial charge on any atom is -0.462 e. The van der Waals surface area contributed by atoms with Crippen molar-refractivity contribution in [1.82, 2.24) is 0 Å². The number of fused-ring (bicyclic) bond motifs is 1. The number of hydrogen-bond acceptors (Lipinski definition) is 3. The van der Waals surface area contributed by atoms with E-state index in [1.807, 2.05) is 31.2 Å². The van der Waals surface area contributed by atoms with E-state index in [2.05, 4.69) is 26.5 Å². The van der Waals surface area contributed by atoms with Crippen LogP contribution in [0, 0.1) is 17.8 Å². The lowest BCUT2D eigenvalue weighted by atomic mass is 9.76. The Labute approximate surface area is 139 Å². The maximum Gasteiger partial charge on any atom is 0.334 e. The molecule has 1 aliphatic carbocycles. The lowest BCUT2D eigenvalue weighted by Gasteiger charge is -2.34. The fraction of sp³-hybridized carbons (Fsp3) is 0.550. The average Bonchev–Trinajstić information content (AvgIpc) is 2.51. The van der Waals surface area contributed by atoms with Gasteiger partial charge in [-0.25, -0.2) is 4.79 Å². The third-order valence-electron chi connectivity index (χ3n) is 4.63. The van der Waals surface area contributed by atoms with Crippen molar-refractivity contribution in [2.45, 2.75) is 45.6 Å². The summed E-state index contributed by atoms with van der Waals surface area (Å²) >= 11 is 0. The number of carbonyl (C=O) groups is 1. The van der Waals surface area contributed by atoms with E-state index in [1.165, 1.54) is 0 Å². The average molecular weight is 316 g/mol. The Bertz CT molecular complexity index is 549. The van der Waals surface area contributed by atoms with Crippen LogP contribution in [-0.2, 0) is 9.53 Å². The second-order valence-corrected chi connectivity index (χ2v) is 7.22. The van der Waals surface area contributed by atoms with Crippen molar-refractivity contribution in [3.63, 3.8) is 0 Å². The van der Waals surface area contributed by atoms with Gasteiger partial charge in [-0.05, 0) is 32.1 Å². The minimum atomic E-state index is -0.838. The van der Waals surface area contributed by atoms with E-state index in [9.17, 15) is 9.90 Å². The first-order valence-corrected chi connectivity index (χ1v) is 8.43. The number of aliphatic hydroxyl groups is 1. The summed E-state index contributed by atoms with van der Waals surface area (Å²) in [5.41, 5.74) is 0.933. The summed E-state index contributed by atoms with van der Waals surface area (Å²) in [6, 6.07) is 0. The van der Waals surface area contributed by atoms with E-state index >= 15 is 0 Å². The van der Waals surface area contributed by atoms with E-state index < -0.39 is 5.60 Å². The van der Waals surface area contributed by atoms with E-state index in [0.29, 0.717) is 30.9 Å². The molecule has 126 valence electrons. The molecule has 3 nitrogen and oxygen atoms in total. The zero-order valence-corrected chi connectivity index (χ0v) is 14.4. The summed E-state index contributed by atoms with van der Waals surface area (Å²) in [5.74, 6) is 0.388. The lowest BCUT2D eigenvalue weighted by Crippen LogP contribution is -2.35. The molecule has 3 heteroatoms. The van der Waals surface area contributed by atoms with E-state index in [4.69, 9.17) is 4.74 Å². The van der Waals surface area contributed by atoms with Gasteiger partial charge >= 0.3 is 5.97 Å². The first-order valence-electron chi connectivity index (χ1n) is 8.43. The number of allylic oxidation sites excluding steroid dienone is 4. The second-order valence-electron chi connectivity index (χ2n) is 7.22. The van der Waals surface area contributed by atoms with Gasteiger partial charge < -0.3 is 9.84 Å². The first kappa shape index (κ1) is 17.7. The summed E-state index contributed by atoms with van der Waals surface area (Å²) in [5, 5.41) is 10.4. The number of hydrogen-bond donors (Lipinski definition) is 1. The molecule has 1 fully saturated rings. The SMILES string of the molecule is C=C1CC=CC(C)(O)CCC2C(=CC=CC(C)C)C(=O)OCC12. The van der Waals surface area contributed by atoms with Gasteiger partial charge in [0.1, 0.15) is 0 Å². The molecule has 23 heavy (non-hydrogen) atoms. The van der Waals surface area contributed by atoms with Crippen molar-refractivity contribution in [3.8, 4) is 0 Å². The third-order valence-corrected chi connectivity index (χ3v) is 4.63. The van der Waals surface area contributed by atoms with Crippen molar-refractivity contribution < 1.29 is 14.6 Å². The Balaban J connectivity index is 2.31. The van der Waals surface area contributed by atoms with Crippen molar-refractivity contribution in [3.05, 3.63) is 48.1 Å². The Kier molecular flexibility index (Phi) is 5.64. The van der Waals surface area contributed by atoms with Crippen LogP contribution in [0.1, 0.15) is 40.0 Å². The molecule has 1 aliphatic heterocycles. The minimum absolute atomic E-state index is 0.0620. The van der Waals surface area contributed by atoms with Crippen molar-refractivity contribution in [1.29, 1.82) is 0 Å². The smallest absolute Gasteiger partial charge is 0.334 e. The lowest BCUT2D eigenvalue weighted by molar-refractivity contribution is -0.145. The summed E-state index contributed by atoms with van der Waals surface area (Å²) < 4.78 is 5.39. The molecule has 1 heterocycles. The monoisotopic (exact) mass is 316 g/mol. The quantitative estimate of drug-likeness (QED) is 0.476. The first-order chi connectivity index (χ1) is 10.8. The summed E-state index contributed by atoms with van der Waals surface area (Å²) in [4.78, 5) is 12.2. The van der Waals surface area contributed by atoms with Gasteiger partial charge in [0.05, 0.1) is 12.2 Å². The van der Waals surface area contributed by atoms with E-state index in [-0.39, 0.29) is 17.8 Å². The van der Waals surface area contributed by atoms with Crippen molar-refractivity contribution >= 4 is 5.97 Å². The number of cyclic esters (lactones) is 1. The number of ether oxygens (including phenoxy) is 1. The highest BCUT2D eigenvalue weighted by Crippen LogP contribution is 2.39. The Morgan fingerprint density at radius 2 is 2.17 bits per heavy atom. The van der Waals surface area contributed by atoms with Crippen LogP contribution >= 0.6 is 0 Å². The van der Waals surface area contributed by atoms with Gasteiger partial charge in [0.2, 0.25) is 0 Å². The van der Waals surface area contributed by atoms with Gasteiger partial charge in [0.25, 0.3) is 0 Å². The molecule has 0 aromatic heterocycles. The molecule has 0 aromatic rings. The molecule has 2 aliphatic rings. The Hall–Kier alpha value is -1.61. The van der Waals surface area contributed by atoms with Crippen LogP contribution in [0.5, 0.6) is 0 Å². The summed E-state index contributed by atoms with van der Waals surface area (Å²) in [7, 11) is 0. The number of carbonyl (C=O) groups excluding carboxylic acids is 1. The van der Waals surface area contributed by atoms with Gasteiger partial charge in [0.15, 0.2) is 0 Å². The standard InChI is InChI=1S/C20H28O3/c1-14(2)7-5-9-17-16-10-12-20(4,22)11-6-8-15(3)18(16)13-23-19(17)21/h5-7,9,11,14,16,18,22H,3,8,10,12-13H2,1-2,4H3. The number of esters is 1. The molecule has 0 spiro atoms. The van der Waals surface area contributed by atoms with Crippen LogP contribution in [0.4, 0.5) is 0 Å². The molecule has 2 rings (SSSR count). The molecule has 1 saturated heterocycles. The molecule has 0 amide bonds. The largest absolute Gasteiger partial charge is 0.462 e. The molecule has 1 N–H and O–H groups in total. The highest BCUT2D eigenvalue weighted by molar-refractivity contribution is 5.90. The molecular formula is C20H28O3. The van der Waals surface area contributed by atoms with Gasteiger partial charge in [-0.1, -0.05) is 56.4 Å². The fourth-order valence-electron chi connectivity index (χ4n) is 3.21. The van der Waals surface area contributed by atoms with Crippen LogP contribution in [0.3, 0.4) is 0 Å². The topological polar surface area (TPSA) is 46.5 Å². The van der Waals surface area contributed by atoms with Crippen molar-refractivity contribution in [2.75, 3.05) is 6.61 Å². The Morgan fingerprint density at radius 3 is 2.87 bits per heavy atom. The zero-order chi connectivity index (χ0) is 17.0. The van der Waals surface area contributed by atoms with Crippen LogP contribution in [0.15, 0.2) is 48.1 Å².